The third kappa shape index (κ3) is 3.50. The van der Waals surface area contributed by atoms with Crippen molar-refractivity contribution in [1.82, 2.24) is 10.0 Å². The van der Waals surface area contributed by atoms with E-state index in [-0.39, 0.29) is 5.54 Å². The van der Waals surface area contributed by atoms with E-state index in [4.69, 9.17) is 0 Å². The Morgan fingerprint density at radius 1 is 1.30 bits per heavy atom. The lowest BCUT2D eigenvalue weighted by Crippen LogP contribution is -2.57. The standard InChI is InChI=1S/C14H23N3O2S/c1-4-16-20(18,19)13-7-5-12(6-8-13)17-10-9-15-14(2,3)11-17/h5-8,15-16H,4,9-11H2,1-3H3. The average Bonchev–Trinajstić information content (AvgIpc) is 2.38. The van der Waals surface area contributed by atoms with E-state index in [2.05, 4.69) is 28.8 Å². The average molecular weight is 297 g/mol. The summed E-state index contributed by atoms with van der Waals surface area (Å²) in [4.78, 5) is 2.60. The Bertz CT molecular complexity index is 552. The van der Waals surface area contributed by atoms with Crippen LogP contribution in [0.5, 0.6) is 0 Å². The van der Waals surface area contributed by atoms with Crippen molar-refractivity contribution in [2.45, 2.75) is 31.2 Å². The fraction of sp³-hybridized carbons (Fsp3) is 0.571. The molecular formula is C14H23N3O2S. The van der Waals surface area contributed by atoms with Crippen molar-refractivity contribution in [3.05, 3.63) is 24.3 Å². The molecule has 112 valence electrons. The molecule has 0 saturated carbocycles. The zero-order valence-corrected chi connectivity index (χ0v) is 13.1. The second-order valence-corrected chi connectivity index (χ2v) is 7.49. The summed E-state index contributed by atoms with van der Waals surface area (Å²) in [5.41, 5.74) is 1.14. The molecule has 0 unspecified atom stereocenters. The molecule has 1 aliphatic heterocycles. The Balaban J connectivity index is 2.16. The van der Waals surface area contributed by atoms with Crippen LogP contribution >= 0.6 is 0 Å². The van der Waals surface area contributed by atoms with Crippen LogP contribution < -0.4 is 14.9 Å². The highest BCUT2D eigenvalue weighted by molar-refractivity contribution is 7.89. The first-order chi connectivity index (χ1) is 9.34. The Kier molecular flexibility index (Phi) is 4.36. The van der Waals surface area contributed by atoms with Crippen molar-refractivity contribution >= 4 is 15.7 Å². The van der Waals surface area contributed by atoms with Gasteiger partial charge in [-0.15, -0.1) is 0 Å². The fourth-order valence-electron chi connectivity index (χ4n) is 2.47. The van der Waals surface area contributed by atoms with Crippen molar-refractivity contribution in [1.29, 1.82) is 0 Å². The molecule has 0 bridgehead atoms. The lowest BCUT2D eigenvalue weighted by Gasteiger charge is -2.40. The Hall–Kier alpha value is -1.11. The van der Waals surface area contributed by atoms with Crippen LogP contribution in [0, 0.1) is 0 Å². The number of sulfonamides is 1. The number of hydrogen-bond donors (Lipinski definition) is 2. The van der Waals surface area contributed by atoms with E-state index in [9.17, 15) is 8.42 Å². The molecule has 1 aliphatic rings. The molecule has 0 atom stereocenters. The quantitative estimate of drug-likeness (QED) is 0.876. The highest BCUT2D eigenvalue weighted by atomic mass is 32.2. The third-order valence-electron chi connectivity index (χ3n) is 3.42. The highest BCUT2D eigenvalue weighted by Gasteiger charge is 2.25. The van der Waals surface area contributed by atoms with Crippen LogP contribution in [-0.2, 0) is 10.0 Å². The van der Waals surface area contributed by atoms with E-state index in [0.717, 1.165) is 25.3 Å². The van der Waals surface area contributed by atoms with Gasteiger partial charge >= 0.3 is 0 Å². The first kappa shape index (κ1) is 15.3. The van der Waals surface area contributed by atoms with Crippen LogP contribution in [0.3, 0.4) is 0 Å². The van der Waals surface area contributed by atoms with Gasteiger partial charge in [-0.3, -0.25) is 0 Å². The minimum absolute atomic E-state index is 0.0762. The number of hydrogen-bond acceptors (Lipinski definition) is 4. The molecule has 0 aromatic heterocycles. The third-order valence-corrected chi connectivity index (χ3v) is 4.98. The zero-order valence-electron chi connectivity index (χ0n) is 12.3. The number of anilines is 1. The van der Waals surface area contributed by atoms with Crippen molar-refractivity contribution in [3.63, 3.8) is 0 Å². The molecule has 1 aromatic rings. The zero-order chi connectivity index (χ0) is 14.8. The van der Waals surface area contributed by atoms with Gasteiger partial charge in [0.2, 0.25) is 10.0 Å². The normalized spacial score (nSPS) is 19.1. The predicted octanol–water partition coefficient (Wildman–Crippen LogP) is 1.17. The van der Waals surface area contributed by atoms with E-state index in [1.807, 2.05) is 12.1 Å². The van der Waals surface area contributed by atoms with E-state index in [0.29, 0.717) is 11.4 Å². The first-order valence-electron chi connectivity index (χ1n) is 6.94. The summed E-state index contributed by atoms with van der Waals surface area (Å²) in [5.74, 6) is 0. The minimum atomic E-state index is -3.36. The van der Waals surface area contributed by atoms with Crippen molar-refractivity contribution in [3.8, 4) is 0 Å². The molecule has 2 rings (SSSR count). The summed E-state index contributed by atoms with van der Waals surface area (Å²) in [5, 5.41) is 3.46. The smallest absolute Gasteiger partial charge is 0.240 e. The van der Waals surface area contributed by atoms with Crippen LogP contribution in [-0.4, -0.2) is 40.1 Å². The summed E-state index contributed by atoms with van der Waals surface area (Å²) in [6.07, 6.45) is 0. The summed E-state index contributed by atoms with van der Waals surface area (Å²) in [6, 6.07) is 7.10. The van der Waals surface area contributed by atoms with Crippen LogP contribution in [0.25, 0.3) is 0 Å². The summed E-state index contributed by atoms with van der Waals surface area (Å²) in [6.45, 7) is 9.29. The van der Waals surface area contributed by atoms with Gasteiger partial charge in [-0.25, -0.2) is 13.1 Å². The van der Waals surface area contributed by atoms with Gasteiger partial charge in [0.1, 0.15) is 0 Å². The Morgan fingerprint density at radius 3 is 2.50 bits per heavy atom. The summed E-state index contributed by atoms with van der Waals surface area (Å²) < 4.78 is 26.3. The SMILES string of the molecule is CCNS(=O)(=O)c1ccc(N2CCNC(C)(C)C2)cc1. The van der Waals surface area contributed by atoms with E-state index in [1.54, 1.807) is 19.1 Å². The van der Waals surface area contributed by atoms with Gasteiger partial charge in [0.15, 0.2) is 0 Å². The molecule has 0 aliphatic carbocycles. The van der Waals surface area contributed by atoms with Gasteiger partial charge in [0.05, 0.1) is 4.90 Å². The maximum absolute atomic E-state index is 11.9. The summed E-state index contributed by atoms with van der Waals surface area (Å²) in [7, 11) is -3.36. The maximum Gasteiger partial charge on any atom is 0.240 e. The van der Waals surface area contributed by atoms with Gasteiger partial charge in [-0.2, -0.15) is 0 Å². The van der Waals surface area contributed by atoms with Gasteiger partial charge in [0, 0.05) is 37.4 Å². The topological polar surface area (TPSA) is 61.4 Å². The monoisotopic (exact) mass is 297 g/mol. The maximum atomic E-state index is 11.9. The molecule has 0 amide bonds. The van der Waals surface area contributed by atoms with Gasteiger partial charge in [-0.1, -0.05) is 6.92 Å². The van der Waals surface area contributed by atoms with Crippen LogP contribution in [0.4, 0.5) is 5.69 Å². The molecule has 0 radical (unpaired) electrons. The highest BCUT2D eigenvalue weighted by Crippen LogP contribution is 2.21. The van der Waals surface area contributed by atoms with Gasteiger partial charge in [-0.05, 0) is 38.1 Å². The molecule has 2 N–H and O–H groups in total. The lowest BCUT2D eigenvalue weighted by atomic mass is 10.0. The first-order valence-corrected chi connectivity index (χ1v) is 8.42. The Morgan fingerprint density at radius 2 is 1.95 bits per heavy atom. The second-order valence-electron chi connectivity index (χ2n) is 5.73. The number of nitrogens with one attached hydrogen (secondary N) is 2. The largest absolute Gasteiger partial charge is 0.368 e. The second kappa shape index (κ2) is 5.71. The van der Waals surface area contributed by atoms with Crippen molar-refractivity contribution in [2.24, 2.45) is 0 Å². The van der Waals surface area contributed by atoms with E-state index < -0.39 is 10.0 Å². The van der Waals surface area contributed by atoms with E-state index in [1.165, 1.54) is 0 Å². The predicted molar refractivity (Wildman–Crippen MR) is 81.6 cm³/mol. The van der Waals surface area contributed by atoms with Crippen molar-refractivity contribution in [2.75, 3.05) is 31.1 Å². The molecule has 1 saturated heterocycles. The number of rotatable bonds is 4. The minimum Gasteiger partial charge on any atom is -0.368 e. The molecule has 1 aromatic carbocycles. The summed E-state index contributed by atoms with van der Waals surface area (Å²) >= 11 is 0. The van der Waals surface area contributed by atoms with Crippen LogP contribution in [0.15, 0.2) is 29.2 Å². The molecule has 1 fully saturated rings. The fourth-order valence-corrected chi connectivity index (χ4v) is 3.51. The number of nitrogens with zero attached hydrogens (tertiary/aromatic N) is 1. The Labute approximate surface area is 121 Å². The number of benzene rings is 1. The molecule has 0 spiro atoms. The molecule has 5 nitrogen and oxygen atoms in total. The molecule has 6 heteroatoms. The lowest BCUT2D eigenvalue weighted by molar-refractivity contribution is 0.353. The molecule has 1 heterocycles. The van der Waals surface area contributed by atoms with Crippen LogP contribution in [0.2, 0.25) is 0 Å². The molecular weight excluding hydrogens is 274 g/mol. The molecule has 20 heavy (non-hydrogen) atoms. The van der Waals surface area contributed by atoms with Crippen LogP contribution in [0.1, 0.15) is 20.8 Å². The van der Waals surface area contributed by atoms with Gasteiger partial charge in [0.25, 0.3) is 0 Å². The van der Waals surface area contributed by atoms with Crippen molar-refractivity contribution < 1.29 is 8.42 Å². The van der Waals surface area contributed by atoms with Gasteiger partial charge < -0.3 is 10.2 Å². The van der Waals surface area contributed by atoms with E-state index >= 15 is 0 Å². The number of piperazine rings is 1.